The monoisotopic (exact) mass is 490 g/mol. The van der Waals surface area contributed by atoms with Gasteiger partial charge in [0.2, 0.25) is 5.91 Å². The van der Waals surface area contributed by atoms with Gasteiger partial charge in [-0.05, 0) is 34.0 Å². The Balaban J connectivity index is 1.52. The van der Waals surface area contributed by atoms with Gasteiger partial charge in [0.1, 0.15) is 16.9 Å². The highest BCUT2D eigenvalue weighted by Gasteiger charge is 2.33. The van der Waals surface area contributed by atoms with E-state index in [1.165, 1.54) is 28.7 Å². The number of nitrogens with one attached hydrogen (secondary N) is 1. The summed E-state index contributed by atoms with van der Waals surface area (Å²) in [5, 5.41) is 6.46. The van der Waals surface area contributed by atoms with Crippen molar-refractivity contribution in [1.29, 1.82) is 0 Å². The molecule has 0 saturated heterocycles. The van der Waals surface area contributed by atoms with E-state index in [1.54, 1.807) is 22.8 Å². The summed E-state index contributed by atoms with van der Waals surface area (Å²) < 4.78 is 1.61. The van der Waals surface area contributed by atoms with Gasteiger partial charge in [0.15, 0.2) is 0 Å². The van der Waals surface area contributed by atoms with Crippen LogP contribution in [0.15, 0.2) is 76.7 Å². The van der Waals surface area contributed by atoms with Gasteiger partial charge >= 0.3 is 0 Å². The smallest absolute Gasteiger partial charge is 0.252 e. The van der Waals surface area contributed by atoms with E-state index in [0.29, 0.717) is 23.0 Å². The number of pyridine rings is 2. The molecule has 3 heterocycles. The minimum absolute atomic E-state index is 0.176. The average Bonchev–Trinajstić information content (AvgIpc) is 3.26. The van der Waals surface area contributed by atoms with E-state index >= 15 is 0 Å². The Morgan fingerprint density at radius 2 is 1.94 bits per heavy atom. The molecule has 0 fully saturated rings. The number of hydrogen-bond acceptors (Lipinski definition) is 5. The van der Waals surface area contributed by atoms with Crippen LogP contribution in [0, 0.1) is 0 Å². The third kappa shape index (κ3) is 4.17. The maximum atomic E-state index is 13.3. The third-order valence-electron chi connectivity index (χ3n) is 5.94. The van der Waals surface area contributed by atoms with Crippen LogP contribution in [0.5, 0.6) is 0 Å². The summed E-state index contributed by atoms with van der Waals surface area (Å²) in [5.41, 5.74) is 2.91. The fraction of sp³-hybridized carbons (Fsp3) is 0.192. The van der Waals surface area contributed by atoms with Gasteiger partial charge in [-0.2, -0.15) is 0 Å². The summed E-state index contributed by atoms with van der Waals surface area (Å²) in [6.45, 7) is 0. The second kappa shape index (κ2) is 9.16. The molecule has 34 heavy (non-hydrogen) atoms. The predicted octanol–water partition coefficient (Wildman–Crippen LogP) is 4.99. The molecule has 1 aliphatic rings. The number of benzene rings is 2. The van der Waals surface area contributed by atoms with Crippen molar-refractivity contribution in [3.8, 4) is 0 Å². The van der Waals surface area contributed by atoms with E-state index in [0.717, 1.165) is 21.8 Å². The maximum absolute atomic E-state index is 13.3. The van der Waals surface area contributed by atoms with Crippen molar-refractivity contribution in [2.24, 2.45) is 0 Å². The van der Waals surface area contributed by atoms with Crippen LogP contribution in [-0.4, -0.2) is 35.3 Å². The Morgan fingerprint density at radius 3 is 2.71 bits per heavy atom. The quantitative estimate of drug-likeness (QED) is 0.427. The fourth-order valence-electron chi connectivity index (χ4n) is 4.42. The van der Waals surface area contributed by atoms with Gasteiger partial charge in [0.05, 0.1) is 10.7 Å². The van der Waals surface area contributed by atoms with Crippen molar-refractivity contribution in [2.75, 3.05) is 30.1 Å². The fourth-order valence-corrected chi connectivity index (χ4v) is 5.96. The van der Waals surface area contributed by atoms with E-state index in [1.807, 2.05) is 37.2 Å². The van der Waals surface area contributed by atoms with Crippen LogP contribution in [0.1, 0.15) is 17.2 Å². The molecule has 8 heteroatoms. The molecule has 0 radical (unpaired) electrons. The molecule has 1 aliphatic heterocycles. The molecule has 0 saturated carbocycles. The summed E-state index contributed by atoms with van der Waals surface area (Å²) >= 11 is 7.42. The number of fused-ring (bicyclic) bond motifs is 2. The first kappa shape index (κ1) is 22.5. The Kier molecular flexibility index (Phi) is 6.06. The second-order valence-corrected chi connectivity index (χ2v) is 9.86. The lowest BCUT2D eigenvalue weighted by molar-refractivity contribution is -0.118. The van der Waals surface area contributed by atoms with E-state index in [2.05, 4.69) is 34.6 Å². The zero-order chi connectivity index (χ0) is 23.8. The molecule has 4 aromatic rings. The van der Waals surface area contributed by atoms with Crippen LogP contribution < -0.4 is 15.8 Å². The summed E-state index contributed by atoms with van der Waals surface area (Å²) in [7, 11) is 3.94. The van der Waals surface area contributed by atoms with Crippen molar-refractivity contribution in [3.05, 3.63) is 93.4 Å². The predicted molar refractivity (Wildman–Crippen MR) is 139 cm³/mol. The van der Waals surface area contributed by atoms with Gasteiger partial charge < -0.3 is 10.2 Å². The number of nitrogens with zero attached hydrogens (tertiary/aromatic N) is 3. The van der Waals surface area contributed by atoms with Crippen molar-refractivity contribution in [3.63, 3.8) is 0 Å². The maximum Gasteiger partial charge on any atom is 0.252 e. The van der Waals surface area contributed by atoms with E-state index in [9.17, 15) is 9.59 Å². The molecule has 0 aliphatic carbocycles. The van der Waals surface area contributed by atoms with E-state index in [-0.39, 0.29) is 11.5 Å². The number of rotatable bonds is 5. The zero-order valence-electron chi connectivity index (χ0n) is 18.8. The van der Waals surface area contributed by atoms with Crippen LogP contribution >= 0.6 is 23.4 Å². The molecule has 1 amide bonds. The van der Waals surface area contributed by atoms with Crippen LogP contribution in [0.2, 0.25) is 5.02 Å². The number of amides is 1. The SMILES string of the molecule is CN(C)c1c(Cc2cccc3ccccc23)cc(=O)n2c1SC[C@H]2C(=O)Nc1ccc(Cl)cn1. The first-order valence-corrected chi connectivity index (χ1v) is 12.3. The largest absolute Gasteiger partial charge is 0.375 e. The molecule has 2 aromatic heterocycles. The topological polar surface area (TPSA) is 67.2 Å². The average molecular weight is 491 g/mol. The number of thioether (sulfide) groups is 1. The molecule has 1 N–H and O–H groups in total. The number of hydrogen-bond donors (Lipinski definition) is 1. The Hall–Kier alpha value is -3.29. The molecular weight excluding hydrogens is 468 g/mol. The molecule has 0 unspecified atom stereocenters. The van der Waals surface area contributed by atoms with E-state index in [4.69, 9.17) is 11.6 Å². The molecule has 2 aromatic carbocycles. The first-order chi connectivity index (χ1) is 16.4. The van der Waals surface area contributed by atoms with E-state index < -0.39 is 6.04 Å². The van der Waals surface area contributed by atoms with Crippen LogP contribution in [0.25, 0.3) is 10.8 Å². The normalized spacial score (nSPS) is 14.7. The lowest BCUT2D eigenvalue weighted by Crippen LogP contribution is -2.33. The summed E-state index contributed by atoms with van der Waals surface area (Å²) in [6.07, 6.45) is 2.11. The minimum Gasteiger partial charge on any atom is -0.375 e. The highest BCUT2D eigenvalue weighted by molar-refractivity contribution is 7.99. The Labute approximate surface area is 206 Å². The molecule has 6 nitrogen and oxygen atoms in total. The molecule has 0 bridgehead atoms. The standard InChI is InChI=1S/C26H23ClN4O2S/c1-30(2)24-18(12-17-8-5-7-16-6-3-4-9-20(16)17)13-23(32)31-21(15-34-26(24)31)25(33)29-22-11-10-19(27)14-28-22/h3-11,13-14,21H,12,15H2,1-2H3,(H,28,29,33)/t21-/m0/s1. The molecule has 172 valence electrons. The Bertz CT molecular complexity index is 1440. The highest BCUT2D eigenvalue weighted by Crippen LogP contribution is 2.41. The second-order valence-electron chi connectivity index (χ2n) is 8.42. The van der Waals surface area contributed by atoms with Crippen molar-refractivity contribution in [1.82, 2.24) is 9.55 Å². The van der Waals surface area contributed by atoms with Crippen LogP contribution in [0.4, 0.5) is 11.5 Å². The van der Waals surface area contributed by atoms with Gasteiger partial charge in [0.25, 0.3) is 5.56 Å². The molecule has 5 rings (SSSR count). The van der Waals surface area contributed by atoms with Crippen LogP contribution in [0.3, 0.4) is 0 Å². The number of carbonyl (C=O) groups is 1. The number of halogens is 1. The Morgan fingerprint density at radius 1 is 1.15 bits per heavy atom. The summed E-state index contributed by atoms with van der Waals surface area (Å²) in [4.78, 5) is 32.5. The zero-order valence-corrected chi connectivity index (χ0v) is 20.4. The van der Waals surface area contributed by atoms with Gasteiger partial charge in [0, 0.05) is 38.5 Å². The number of aromatic nitrogens is 2. The first-order valence-electron chi connectivity index (χ1n) is 10.9. The lowest BCUT2D eigenvalue weighted by Gasteiger charge is -2.23. The molecule has 1 atom stereocenters. The van der Waals surface area contributed by atoms with Gasteiger partial charge in [-0.15, -0.1) is 11.8 Å². The summed E-state index contributed by atoms with van der Waals surface area (Å²) in [5.74, 6) is 0.615. The minimum atomic E-state index is -0.615. The van der Waals surface area contributed by atoms with Crippen molar-refractivity contribution >= 4 is 51.5 Å². The number of anilines is 2. The number of carbonyl (C=O) groups excluding carboxylic acids is 1. The molecular formula is C26H23ClN4O2S. The van der Waals surface area contributed by atoms with Crippen LogP contribution in [-0.2, 0) is 11.2 Å². The van der Waals surface area contributed by atoms with Gasteiger partial charge in [-0.1, -0.05) is 54.1 Å². The highest BCUT2D eigenvalue weighted by atomic mass is 35.5. The molecule has 0 spiro atoms. The lowest BCUT2D eigenvalue weighted by atomic mass is 9.98. The van der Waals surface area contributed by atoms with Gasteiger partial charge in [-0.3, -0.25) is 14.2 Å². The third-order valence-corrected chi connectivity index (χ3v) is 7.31. The van der Waals surface area contributed by atoms with Crippen molar-refractivity contribution < 1.29 is 4.79 Å². The summed E-state index contributed by atoms with van der Waals surface area (Å²) in [6, 6.07) is 18.9. The van der Waals surface area contributed by atoms with Gasteiger partial charge in [-0.25, -0.2) is 4.98 Å². The van der Waals surface area contributed by atoms with Crippen molar-refractivity contribution in [2.45, 2.75) is 17.5 Å².